The fraction of sp³-hybridized carbons (Fsp3) is 0.524. The van der Waals surface area contributed by atoms with Crippen molar-refractivity contribution in [2.45, 2.75) is 38.8 Å². The number of H-pyrrole nitrogens is 1. The maximum Gasteiger partial charge on any atom is 0.317 e. The maximum absolute atomic E-state index is 12.6. The van der Waals surface area contributed by atoms with Crippen molar-refractivity contribution in [3.63, 3.8) is 0 Å². The van der Waals surface area contributed by atoms with E-state index < -0.39 is 0 Å². The van der Waals surface area contributed by atoms with Crippen LogP contribution in [0.25, 0.3) is 0 Å². The molecule has 2 aliphatic rings. The van der Waals surface area contributed by atoms with Crippen LogP contribution in [0.1, 0.15) is 30.2 Å². The molecule has 0 spiro atoms. The standard InChI is InChI=1S/C21H29N5O2/c1-2-28-19-6-3-16(4-7-19)15-25-9-11-26(12-10-25)21(27)23-18-5-8-20-17(13-18)14-22-24-20/h3-4,6-7,14,18H,2,5,8-13,15H2,1H3,(H,22,24)(H,23,27). The molecular weight excluding hydrogens is 354 g/mol. The summed E-state index contributed by atoms with van der Waals surface area (Å²) < 4.78 is 5.50. The monoisotopic (exact) mass is 383 g/mol. The minimum absolute atomic E-state index is 0.0673. The van der Waals surface area contributed by atoms with Crippen molar-refractivity contribution in [2.75, 3.05) is 32.8 Å². The third-order valence-electron chi connectivity index (χ3n) is 5.64. The molecule has 2 aromatic rings. The zero-order chi connectivity index (χ0) is 19.3. The second-order valence-electron chi connectivity index (χ2n) is 7.60. The largest absolute Gasteiger partial charge is 0.494 e. The Hall–Kier alpha value is -2.54. The summed E-state index contributed by atoms with van der Waals surface area (Å²) in [5.41, 5.74) is 3.73. The first-order valence-electron chi connectivity index (χ1n) is 10.2. The fourth-order valence-corrected chi connectivity index (χ4v) is 4.03. The van der Waals surface area contributed by atoms with Crippen molar-refractivity contribution in [3.05, 3.63) is 47.3 Å². The Morgan fingerprint density at radius 1 is 1.25 bits per heavy atom. The first-order valence-corrected chi connectivity index (χ1v) is 10.2. The molecule has 28 heavy (non-hydrogen) atoms. The van der Waals surface area contributed by atoms with Gasteiger partial charge >= 0.3 is 6.03 Å². The van der Waals surface area contributed by atoms with Gasteiger partial charge in [0.2, 0.25) is 0 Å². The lowest BCUT2D eigenvalue weighted by Gasteiger charge is -2.36. The van der Waals surface area contributed by atoms with Gasteiger partial charge in [-0.2, -0.15) is 5.10 Å². The number of carbonyl (C=O) groups excluding carboxylic acids is 1. The summed E-state index contributed by atoms with van der Waals surface area (Å²) in [7, 11) is 0. The summed E-state index contributed by atoms with van der Waals surface area (Å²) in [5.74, 6) is 0.915. The van der Waals surface area contributed by atoms with E-state index >= 15 is 0 Å². The van der Waals surface area contributed by atoms with Crippen molar-refractivity contribution < 1.29 is 9.53 Å². The van der Waals surface area contributed by atoms with Crippen LogP contribution < -0.4 is 10.1 Å². The van der Waals surface area contributed by atoms with Gasteiger partial charge in [0.25, 0.3) is 0 Å². The molecule has 7 heteroatoms. The minimum Gasteiger partial charge on any atom is -0.494 e. The highest BCUT2D eigenvalue weighted by atomic mass is 16.5. The molecule has 2 amide bonds. The lowest BCUT2D eigenvalue weighted by Crippen LogP contribution is -2.53. The van der Waals surface area contributed by atoms with Crippen LogP contribution >= 0.6 is 0 Å². The molecule has 2 heterocycles. The fourth-order valence-electron chi connectivity index (χ4n) is 4.03. The van der Waals surface area contributed by atoms with Gasteiger partial charge in [0.05, 0.1) is 12.8 Å². The molecule has 0 radical (unpaired) electrons. The van der Waals surface area contributed by atoms with Gasteiger partial charge < -0.3 is 15.0 Å². The molecule has 0 bridgehead atoms. The number of benzene rings is 1. The molecule has 2 N–H and O–H groups in total. The van der Waals surface area contributed by atoms with Crippen LogP contribution in [-0.2, 0) is 19.4 Å². The molecule has 1 aliphatic carbocycles. The van der Waals surface area contributed by atoms with E-state index in [9.17, 15) is 4.79 Å². The number of carbonyl (C=O) groups is 1. The van der Waals surface area contributed by atoms with E-state index in [2.05, 4.69) is 32.5 Å². The SMILES string of the molecule is CCOc1ccc(CN2CCN(C(=O)NC3CCc4[nH]ncc4C3)CC2)cc1. The van der Waals surface area contributed by atoms with Crippen LogP contribution in [0.3, 0.4) is 0 Å². The predicted molar refractivity (Wildman–Crippen MR) is 107 cm³/mol. The number of hydrogen-bond acceptors (Lipinski definition) is 4. The van der Waals surface area contributed by atoms with Gasteiger partial charge in [-0.05, 0) is 49.4 Å². The summed E-state index contributed by atoms with van der Waals surface area (Å²) >= 11 is 0. The Balaban J connectivity index is 1.22. The third-order valence-corrected chi connectivity index (χ3v) is 5.64. The molecule has 4 rings (SSSR count). The molecule has 1 atom stereocenters. The lowest BCUT2D eigenvalue weighted by molar-refractivity contribution is 0.132. The van der Waals surface area contributed by atoms with Crippen molar-refractivity contribution >= 4 is 6.03 Å². The number of urea groups is 1. The normalized spacial score (nSPS) is 19.9. The number of nitrogens with one attached hydrogen (secondary N) is 2. The quantitative estimate of drug-likeness (QED) is 0.830. The minimum atomic E-state index is 0.0673. The second kappa shape index (κ2) is 8.65. The first kappa shape index (κ1) is 18.8. The number of fused-ring (bicyclic) bond motifs is 1. The van der Waals surface area contributed by atoms with E-state index in [0.717, 1.165) is 57.7 Å². The van der Waals surface area contributed by atoms with Crippen molar-refractivity contribution in [1.82, 2.24) is 25.3 Å². The van der Waals surface area contributed by atoms with Gasteiger partial charge in [-0.25, -0.2) is 4.79 Å². The Kier molecular flexibility index (Phi) is 5.81. The van der Waals surface area contributed by atoms with Crippen LogP contribution in [0.5, 0.6) is 5.75 Å². The molecule has 1 aromatic heterocycles. The van der Waals surface area contributed by atoms with E-state index in [1.165, 1.54) is 16.8 Å². The summed E-state index contributed by atoms with van der Waals surface area (Å²) in [6.07, 6.45) is 4.68. The summed E-state index contributed by atoms with van der Waals surface area (Å²) in [4.78, 5) is 17.0. The van der Waals surface area contributed by atoms with E-state index in [0.29, 0.717) is 6.61 Å². The maximum atomic E-state index is 12.6. The summed E-state index contributed by atoms with van der Waals surface area (Å²) in [6.45, 7) is 6.93. The number of aromatic nitrogens is 2. The van der Waals surface area contributed by atoms with Gasteiger partial charge in [0, 0.05) is 44.5 Å². The predicted octanol–water partition coefficient (Wildman–Crippen LogP) is 2.19. The zero-order valence-corrected chi connectivity index (χ0v) is 16.5. The van der Waals surface area contributed by atoms with Crippen LogP contribution in [0.2, 0.25) is 0 Å². The van der Waals surface area contributed by atoms with E-state index in [4.69, 9.17) is 4.74 Å². The molecule has 7 nitrogen and oxygen atoms in total. The van der Waals surface area contributed by atoms with Crippen molar-refractivity contribution in [3.8, 4) is 5.75 Å². The van der Waals surface area contributed by atoms with Gasteiger partial charge in [0.15, 0.2) is 0 Å². The van der Waals surface area contributed by atoms with Crippen LogP contribution in [0, 0.1) is 0 Å². The Morgan fingerprint density at radius 2 is 2.04 bits per heavy atom. The summed E-state index contributed by atoms with van der Waals surface area (Å²) in [5, 5.41) is 10.4. The van der Waals surface area contributed by atoms with Crippen LogP contribution in [0.15, 0.2) is 30.5 Å². The summed E-state index contributed by atoms with van der Waals surface area (Å²) in [6, 6.07) is 8.57. The number of aromatic amines is 1. The van der Waals surface area contributed by atoms with E-state index in [1.807, 2.05) is 30.2 Å². The number of amides is 2. The molecule has 1 aromatic carbocycles. The molecule has 1 fully saturated rings. The van der Waals surface area contributed by atoms with Gasteiger partial charge in [-0.15, -0.1) is 0 Å². The third kappa shape index (κ3) is 4.47. The van der Waals surface area contributed by atoms with Gasteiger partial charge in [0.1, 0.15) is 5.75 Å². The van der Waals surface area contributed by atoms with Gasteiger partial charge in [-0.3, -0.25) is 10.00 Å². The smallest absolute Gasteiger partial charge is 0.317 e. The second-order valence-corrected chi connectivity index (χ2v) is 7.60. The first-order chi connectivity index (χ1) is 13.7. The number of piperazine rings is 1. The Morgan fingerprint density at radius 3 is 2.79 bits per heavy atom. The number of nitrogens with zero attached hydrogens (tertiary/aromatic N) is 3. The molecule has 1 unspecified atom stereocenters. The van der Waals surface area contributed by atoms with Crippen molar-refractivity contribution in [2.24, 2.45) is 0 Å². The Bertz CT molecular complexity index is 780. The van der Waals surface area contributed by atoms with E-state index in [-0.39, 0.29) is 12.1 Å². The number of rotatable bonds is 5. The Labute approximate surface area is 166 Å². The van der Waals surface area contributed by atoms with Crippen molar-refractivity contribution in [1.29, 1.82) is 0 Å². The molecule has 150 valence electrons. The number of aryl methyl sites for hydroxylation is 1. The molecule has 1 saturated heterocycles. The van der Waals surface area contributed by atoms with Crippen LogP contribution in [0.4, 0.5) is 4.79 Å². The average Bonchev–Trinajstić information content (AvgIpc) is 3.18. The molecule has 1 aliphatic heterocycles. The van der Waals surface area contributed by atoms with Gasteiger partial charge in [-0.1, -0.05) is 12.1 Å². The van der Waals surface area contributed by atoms with Crippen LogP contribution in [-0.4, -0.2) is 64.9 Å². The number of ether oxygens (including phenoxy) is 1. The average molecular weight is 383 g/mol. The molecule has 0 saturated carbocycles. The highest BCUT2D eigenvalue weighted by molar-refractivity contribution is 5.74. The highest BCUT2D eigenvalue weighted by Crippen LogP contribution is 2.19. The molecular formula is C21H29N5O2. The van der Waals surface area contributed by atoms with E-state index in [1.54, 1.807) is 0 Å². The lowest BCUT2D eigenvalue weighted by atomic mass is 9.94. The zero-order valence-electron chi connectivity index (χ0n) is 16.5. The number of hydrogen-bond donors (Lipinski definition) is 2. The topological polar surface area (TPSA) is 73.5 Å². The highest BCUT2D eigenvalue weighted by Gasteiger charge is 2.26.